The summed E-state index contributed by atoms with van der Waals surface area (Å²) in [5.74, 6) is -1.14. The maximum Gasteiger partial charge on any atom is 0.338 e. The van der Waals surface area contributed by atoms with Crippen molar-refractivity contribution >= 4 is 17.9 Å². The molecule has 0 spiro atoms. The first-order valence-electron chi connectivity index (χ1n) is 10.1. The highest BCUT2D eigenvalue weighted by Gasteiger charge is 2.22. The van der Waals surface area contributed by atoms with Crippen molar-refractivity contribution in [3.05, 3.63) is 54.1 Å². The Balaban J connectivity index is 1.51. The average Bonchev–Trinajstić information content (AvgIpc) is 2.75. The van der Waals surface area contributed by atoms with Crippen LogP contribution in [0.2, 0.25) is 0 Å². The van der Waals surface area contributed by atoms with Crippen LogP contribution in [0.1, 0.15) is 49.4 Å². The van der Waals surface area contributed by atoms with Crippen LogP contribution in [0.4, 0.5) is 4.79 Å². The molecule has 3 amide bonds. The number of ether oxygens (including phenoxy) is 1. The Kier molecular flexibility index (Phi) is 7.06. The second-order valence-corrected chi connectivity index (χ2v) is 7.47. The van der Waals surface area contributed by atoms with E-state index in [0.29, 0.717) is 5.56 Å². The number of imide groups is 1. The van der Waals surface area contributed by atoms with Crippen molar-refractivity contribution in [3.63, 3.8) is 0 Å². The fourth-order valence-electron chi connectivity index (χ4n) is 3.42. The van der Waals surface area contributed by atoms with E-state index in [1.165, 1.54) is 13.3 Å². The maximum absolute atomic E-state index is 12.3. The molecule has 1 aliphatic carbocycles. The van der Waals surface area contributed by atoms with Crippen molar-refractivity contribution in [2.45, 2.75) is 51.2 Å². The number of rotatable bonds is 5. The van der Waals surface area contributed by atoms with Gasteiger partial charge < -0.3 is 15.2 Å². The van der Waals surface area contributed by atoms with E-state index in [2.05, 4.69) is 10.6 Å². The van der Waals surface area contributed by atoms with E-state index in [1.54, 1.807) is 48.5 Å². The Bertz CT molecular complexity index is 887. The topological polar surface area (TPSA) is 105 Å². The van der Waals surface area contributed by atoms with Gasteiger partial charge in [-0.25, -0.2) is 9.59 Å². The smallest absolute Gasteiger partial charge is 0.338 e. The number of hydrogen-bond donors (Lipinski definition) is 3. The van der Waals surface area contributed by atoms with Gasteiger partial charge in [-0.2, -0.15) is 0 Å². The third kappa shape index (κ3) is 5.83. The van der Waals surface area contributed by atoms with E-state index < -0.39 is 24.0 Å². The van der Waals surface area contributed by atoms with Crippen molar-refractivity contribution in [2.24, 2.45) is 0 Å². The molecule has 0 aliphatic heterocycles. The Morgan fingerprint density at radius 2 is 1.50 bits per heavy atom. The number of amides is 3. The predicted octanol–water partition coefficient (Wildman–Crippen LogP) is 3.76. The first-order valence-corrected chi connectivity index (χ1v) is 10.1. The zero-order chi connectivity index (χ0) is 21.5. The highest BCUT2D eigenvalue weighted by Crippen LogP contribution is 2.22. The molecule has 0 aromatic heterocycles. The molecule has 1 unspecified atom stereocenters. The van der Waals surface area contributed by atoms with Crippen molar-refractivity contribution in [1.29, 1.82) is 0 Å². The summed E-state index contributed by atoms with van der Waals surface area (Å²) in [6.07, 6.45) is 4.02. The van der Waals surface area contributed by atoms with Crippen molar-refractivity contribution in [2.75, 3.05) is 0 Å². The first kappa shape index (κ1) is 21.4. The monoisotopic (exact) mass is 410 g/mol. The van der Waals surface area contributed by atoms with E-state index in [0.717, 1.165) is 36.8 Å². The number of nitrogens with one attached hydrogen (secondary N) is 2. The molecule has 2 aromatic carbocycles. The molecule has 1 atom stereocenters. The lowest BCUT2D eigenvalue weighted by Crippen LogP contribution is -2.48. The molecule has 0 heterocycles. The van der Waals surface area contributed by atoms with Gasteiger partial charge in [0.05, 0.1) is 5.56 Å². The van der Waals surface area contributed by atoms with Gasteiger partial charge in [0.15, 0.2) is 6.10 Å². The summed E-state index contributed by atoms with van der Waals surface area (Å²) in [5.41, 5.74) is 2.06. The molecule has 7 nitrogen and oxygen atoms in total. The quantitative estimate of drug-likeness (QED) is 0.651. The van der Waals surface area contributed by atoms with Crippen LogP contribution in [0.25, 0.3) is 11.1 Å². The zero-order valence-corrected chi connectivity index (χ0v) is 16.9. The molecular weight excluding hydrogens is 384 g/mol. The predicted molar refractivity (Wildman–Crippen MR) is 112 cm³/mol. The lowest BCUT2D eigenvalue weighted by Gasteiger charge is -2.23. The van der Waals surface area contributed by atoms with Gasteiger partial charge in [-0.15, -0.1) is 0 Å². The van der Waals surface area contributed by atoms with E-state index >= 15 is 0 Å². The number of benzene rings is 2. The van der Waals surface area contributed by atoms with Crippen LogP contribution in [0.3, 0.4) is 0 Å². The molecule has 1 saturated carbocycles. The second-order valence-electron chi connectivity index (χ2n) is 7.47. The number of urea groups is 1. The van der Waals surface area contributed by atoms with Gasteiger partial charge in [-0.05, 0) is 55.2 Å². The minimum atomic E-state index is -1.11. The molecule has 1 aliphatic rings. The van der Waals surface area contributed by atoms with Crippen LogP contribution >= 0.6 is 0 Å². The van der Waals surface area contributed by atoms with Crippen LogP contribution in [0.5, 0.6) is 5.75 Å². The summed E-state index contributed by atoms with van der Waals surface area (Å²) >= 11 is 0. The summed E-state index contributed by atoms with van der Waals surface area (Å²) in [5, 5.41) is 14.4. The minimum Gasteiger partial charge on any atom is -0.508 e. The highest BCUT2D eigenvalue weighted by atomic mass is 16.5. The Labute approximate surface area is 175 Å². The summed E-state index contributed by atoms with van der Waals surface area (Å²) < 4.78 is 5.19. The van der Waals surface area contributed by atoms with E-state index in [1.807, 2.05) is 0 Å². The Morgan fingerprint density at radius 1 is 0.933 bits per heavy atom. The van der Waals surface area contributed by atoms with Crippen LogP contribution in [-0.2, 0) is 9.53 Å². The van der Waals surface area contributed by atoms with Crippen molar-refractivity contribution in [3.8, 4) is 16.9 Å². The summed E-state index contributed by atoms with van der Waals surface area (Å²) in [6.45, 7) is 1.42. The number of aromatic hydroxyl groups is 1. The first-order chi connectivity index (χ1) is 14.4. The Morgan fingerprint density at radius 3 is 2.10 bits per heavy atom. The van der Waals surface area contributed by atoms with Gasteiger partial charge in [-0.3, -0.25) is 10.1 Å². The number of carbonyl (C=O) groups excluding carboxylic acids is 3. The van der Waals surface area contributed by atoms with Crippen LogP contribution in [-0.4, -0.2) is 35.2 Å². The average molecular weight is 410 g/mol. The third-order valence-electron chi connectivity index (χ3n) is 5.15. The highest BCUT2D eigenvalue weighted by molar-refractivity contribution is 5.98. The van der Waals surface area contributed by atoms with E-state index in [9.17, 15) is 19.5 Å². The normalized spacial score (nSPS) is 15.1. The van der Waals surface area contributed by atoms with Gasteiger partial charge in [0.1, 0.15) is 5.75 Å². The van der Waals surface area contributed by atoms with Gasteiger partial charge in [0.2, 0.25) is 0 Å². The summed E-state index contributed by atoms with van der Waals surface area (Å²) in [6, 6.07) is 12.9. The molecule has 7 heteroatoms. The fraction of sp³-hybridized carbons (Fsp3) is 0.348. The SMILES string of the molecule is CC(OC(=O)c1ccc(-c2ccc(O)cc2)cc1)C(=O)NC(=O)NC1CCCCC1. The molecule has 2 aromatic rings. The number of phenols is 1. The van der Waals surface area contributed by atoms with Gasteiger partial charge in [0.25, 0.3) is 5.91 Å². The molecule has 158 valence electrons. The van der Waals surface area contributed by atoms with Crippen molar-refractivity contribution < 1.29 is 24.2 Å². The van der Waals surface area contributed by atoms with E-state index in [4.69, 9.17) is 4.74 Å². The fourth-order valence-corrected chi connectivity index (χ4v) is 3.42. The number of carbonyl (C=O) groups is 3. The summed E-state index contributed by atoms with van der Waals surface area (Å²) in [7, 11) is 0. The standard InChI is InChI=1S/C23H26N2O5/c1-15(21(27)25-23(29)24-19-5-3-2-4-6-19)30-22(28)18-9-7-16(8-10-18)17-11-13-20(26)14-12-17/h7-15,19,26H,2-6H2,1H3,(H2,24,25,27,29). The molecular formula is C23H26N2O5. The summed E-state index contributed by atoms with van der Waals surface area (Å²) in [4.78, 5) is 36.5. The number of hydrogen-bond acceptors (Lipinski definition) is 5. The number of esters is 1. The van der Waals surface area contributed by atoms with Crippen molar-refractivity contribution in [1.82, 2.24) is 10.6 Å². The lowest BCUT2D eigenvalue weighted by molar-refractivity contribution is -0.127. The van der Waals surface area contributed by atoms with Gasteiger partial charge in [-0.1, -0.05) is 43.5 Å². The zero-order valence-electron chi connectivity index (χ0n) is 16.9. The number of phenolic OH excluding ortho intramolecular Hbond substituents is 1. The molecule has 30 heavy (non-hydrogen) atoms. The second kappa shape index (κ2) is 9.91. The lowest BCUT2D eigenvalue weighted by atomic mass is 9.96. The van der Waals surface area contributed by atoms with Gasteiger partial charge >= 0.3 is 12.0 Å². The van der Waals surface area contributed by atoms with Gasteiger partial charge in [0, 0.05) is 6.04 Å². The maximum atomic E-state index is 12.3. The molecule has 0 bridgehead atoms. The van der Waals surface area contributed by atoms with E-state index in [-0.39, 0.29) is 11.8 Å². The minimum absolute atomic E-state index is 0.0801. The molecule has 0 saturated heterocycles. The van der Waals surface area contributed by atoms with Crippen LogP contribution in [0.15, 0.2) is 48.5 Å². The largest absolute Gasteiger partial charge is 0.508 e. The van der Waals surface area contributed by atoms with Crippen LogP contribution in [0, 0.1) is 0 Å². The molecule has 0 radical (unpaired) electrons. The molecule has 3 N–H and O–H groups in total. The molecule has 1 fully saturated rings. The Hall–Kier alpha value is -3.35. The molecule has 3 rings (SSSR count). The third-order valence-corrected chi connectivity index (χ3v) is 5.15. The van der Waals surface area contributed by atoms with Crippen LogP contribution < -0.4 is 10.6 Å².